The SMILES string of the molecule is COc1ccc(C)cc1-c1ccc2c(c1)C(NC(=O)NC(C)C)CC1(CCOCC1)O2. The zero-order chi connectivity index (χ0) is 22.0. The van der Waals surface area contributed by atoms with E-state index < -0.39 is 0 Å². The molecule has 2 heterocycles. The van der Waals surface area contributed by atoms with Crippen molar-refractivity contribution in [3.63, 3.8) is 0 Å². The number of benzene rings is 2. The molecule has 6 nitrogen and oxygen atoms in total. The molecule has 2 aromatic carbocycles. The lowest BCUT2D eigenvalue weighted by Crippen LogP contribution is -2.50. The molecular weight excluding hydrogens is 392 g/mol. The molecular formula is C25H32N2O4. The summed E-state index contributed by atoms with van der Waals surface area (Å²) >= 11 is 0. The second-order valence-electron chi connectivity index (χ2n) is 8.88. The van der Waals surface area contributed by atoms with Crippen LogP contribution >= 0.6 is 0 Å². The molecule has 2 amide bonds. The predicted octanol–water partition coefficient (Wildman–Crippen LogP) is 4.75. The van der Waals surface area contributed by atoms with Crippen LogP contribution in [0.2, 0.25) is 0 Å². The Bertz CT molecular complexity index is 951. The van der Waals surface area contributed by atoms with Gasteiger partial charge in [0.2, 0.25) is 0 Å². The minimum atomic E-state index is -0.302. The fourth-order valence-electron chi connectivity index (χ4n) is 4.53. The largest absolute Gasteiger partial charge is 0.496 e. The first-order valence-electron chi connectivity index (χ1n) is 11.0. The van der Waals surface area contributed by atoms with Gasteiger partial charge in [-0.15, -0.1) is 0 Å². The van der Waals surface area contributed by atoms with E-state index in [1.54, 1.807) is 7.11 Å². The van der Waals surface area contributed by atoms with Crippen LogP contribution in [0.4, 0.5) is 4.79 Å². The molecule has 2 aliphatic rings. The van der Waals surface area contributed by atoms with Crippen molar-refractivity contribution in [2.24, 2.45) is 0 Å². The van der Waals surface area contributed by atoms with E-state index in [0.717, 1.165) is 53.0 Å². The molecule has 4 rings (SSSR count). The fraction of sp³-hybridized carbons (Fsp3) is 0.480. The maximum Gasteiger partial charge on any atom is 0.315 e. The second-order valence-corrected chi connectivity index (χ2v) is 8.88. The molecule has 2 N–H and O–H groups in total. The highest BCUT2D eigenvalue weighted by atomic mass is 16.5. The summed E-state index contributed by atoms with van der Waals surface area (Å²) in [5, 5.41) is 6.14. The van der Waals surface area contributed by atoms with Gasteiger partial charge in [-0.2, -0.15) is 0 Å². The lowest BCUT2D eigenvalue weighted by atomic mass is 9.81. The quantitative estimate of drug-likeness (QED) is 0.743. The number of urea groups is 1. The molecule has 31 heavy (non-hydrogen) atoms. The van der Waals surface area contributed by atoms with E-state index in [1.165, 1.54) is 0 Å². The molecule has 0 aromatic heterocycles. The van der Waals surface area contributed by atoms with Crippen LogP contribution in [0.15, 0.2) is 36.4 Å². The van der Waals surface area contributed by atoms with Crippen LogP contribution in [-0.4, -0.2) is 38.0 Å². The van der Waals surface area contributed by atoms with Gasteiger partial charge < -0.3 is 24.8 Å². The Kier molecular flexibility index (Phi) is 6.10. The fourth-order valence-corrected chi connectivity index (χ4v) is 4.53. The molecule has 1 unspecified atom stereocenters. The minimum Gasteiger partial charge on any atom is -0.496 e. The third kappa shape index (κ3) is 4.64. The maximum absolute atomic E-state index is 12.6. The molecule has 166 valence electrons. The van der Waals surface area contributed by atoms with Gasteiger partial charge in [-0.25, -0.2) is 4.79 Å². The third-order valence-electron chi connectivity index (χ3n) is 6.08. The molecule has 6 heteroatoms. The number of hydrogen-bond donors (Lipinski definition) is 2. The van der Waals surface area contributed by atoms with E-state index >= 15 is 0 Å². The van der Waals surface area contributed by atoms with E-state index in [-0.39, 0.29) is 23.7 Å². The minimum absolute atomic E-state index is 0.0687. The highest BCUT2D eigenvalue weighted by Crippen LogP contribution is 2.46. The number of hydrogen-bond acceptors (Lipinski definition) is 4. The predicted molar refractivity (Wildman–Crippen MR) is 121 cm³/mol. The molecule has 0 saturated carbocycles. The molecule has 0 aliphatic carbocycles. The van der Waals surface area contributed by atoms with Crippen molar-refractivity contribution in [2.45, 2.75) is 57.7 Å². The Morgan fingerprint density at radius 1 is 1.16 bits per heavy atom. The summed E-state index contributed by atoms with van der Waals surface area (Å²) in [5.41, 5.74) is 3.93. The van der Waals surface area contributed by atoms with Gasteiger partial charge in [0.15, 0.2) is 0 Å². The van der Waals surface area contributed by atoms with Gasteiger partial charge in [-0.1, -0.05) is 17.7 Å². The van der Waals surface area contributed by atoms with E-state index in [2.05, 4.69) is 35.8 Å². The molecule has 0 radical (unpaired) electrons. The number of aryl methyl sites for hydroxylation is 1. The van der Waals surface area contributed by atoms with Crippen LogP contribution in [0.25, 0.3) is 11.1 Å². The van der Waals surface area contributed by atoms with E-state index in [4.69, 9.17) is 14.2 Å². The summed E-state index contributed by atoms with van der Waals surface area (Å²) < 4.78 is 17.7. The zero-order valence-corrected chi connectivity index (χ0v) is 18.8. The number of ether oxygens (including phenoxy) is 3. The highest BCUT2D eigenvalue weighted by Gasteiger charge is 2.43. The van der Waals surface area contributed by atoms with Gasteiger partial charge in [0.1, 0.15) is 17.1 Å². The number of carbonyl (C=O) groups excluding carboxylic acids is 1. The zero-order valence-electron chi connectivity index (χ0n) is 18.8. The second kappa shape index (κ2) is 8.79. The summed E-state index contributed by atoms with van der Waals surface area (Å²) in [6.45, 7) is 7.34. The van der Waals surface area contributed by atoms with Gasteiger partial charge in [0, 0.05) is 36.4 Å². The van der Waals surface area contributed by atoms with Crippen LogP contribution in [0.3, 0.4) is 0 Å². The van der Waals surface area contributed by atoms with Gasteiger partial charge in [0.25, 0.3) is 0 Å². The van der Waals surface area contributed by atoms with Gasteiger partial charge >= 0.3 is 6.03 Å². The maximum atomic E-state index is 12.6. The summed E-state index contributed by atoms with van der Waals surface area (Å²) in [5.74, 6) is 1.66. The number of amides is 2. The van der Waals surface area contributed by atoms with Crippen LogP contribution in [-0.2, 0) is 4.74 Å². The molecule has 2 aromatic rings. The molecule has 1 fully saturated rings. The van der Waals surface area contributed by atoms with Gasteiger partial charge in [-0.05, 0) is 50.6 Å². The molecule has 0 bridgehead atoms. The first-order chi connectivity index (χ1) is 14.9. The standard InChI is InChI=1S/C25H32N2O4/c1-16(2)26-24(28)27-21-15-25(9-11-30-12-10-25)31-23-8-6-18(14-20(21)23)19-13-17(3)5-7-22(19)29-4/h5-8,13-14,16,21H,9-12,15H2,1-4H3,(H2,26,27,28). The average Bonchev–Trinajstić information content (AvgIpc) is 2.73. The lowest BCUT2D eigenvalue weighted by Gasteiger charge is -2.44. The van der Waals surface area contributed by atoms with Crippen molar-refractivity contribution >= 4 is 6.03 Å². The normalized spacial score (nSPS) is 19.5. The van der Waals surface area contributed by atoms with Gasteiger partial charge in [-0.3, -0.25) is 0 Å². The average molecular weight is 425 g/mol. The molecule has 1 saturated heterocycles. The first-order valence-corrected chi connectivity index (χ1v) is 11.0. The monoisotopic (exact) mass is 424 g/mol. The third-order valence-corrected chi connectivity index (χ3v) is 6.08. The topological polar surface area (TPSA) is 68.8 Å². The summed E-state index contributed by atoms with van der Waals surface area (Å²) in [4.78, 5) is 12.6. The highest BCUT2D eigenvalue weighted by molar-refractivity contribution is 5.76. The Morgan fingerprint density at radius 3 is 2.65 bits per heavy atom. The number of carbonyl (C=O) groups is 1. The number of methoxy groups -OCH3 is 1. The summed E-state index contributed by atoms with van der Waals surface area (Å²) in [6, 6.07) is 12.1. The van der Waals surface area contributed by atoms with E-state index in [1.807, 2.05) is 32.0 Å². The molecule has 1 atom stereocenters. The van der Waals surface area contributed by atoms with Crippen LogP contribution in [0, 0.1) is 6.92 Å². The van der Waals surface area contributed by atoms with Crippen molar-refractivity contribution in [2.75, 3.05) is 20.3 Å². The smallest absolute Gasteiger partial charge is 0.315 e. The van der Waals surface area contributed by atoms with Crippen molar-refractivity contribution < 1.29 is 19.0 Å². The van der Waals surface area contributed by atoms with Crippen molar-refractivity contribution in [1.82, 2.24) is 10.6 Å². The Morgan fingerprint density at radius 2 is 1.94 bits per heavy atom. The van der Waals surface area contributed by atoms with Crippen molar-refractivity contribution in [3.8, 4) is 22.6 Å². The van der Waals surface area contributed by atoms with Gasteiger partial charge in [0.05, 0.1) is 26.4 Å². The Hall–Kier alpha value is -2.73. The van der Waals surface area contributed by atoms with Crippen molar-refractivity contribution in [3.05, 3.63) is 47.5 Å². The number of fused-ring (bicyclic) bond motifs is 1. The summed E-state index contributed by atoms with van der Waals surface area (Å²) in [7, 11) is 1.69. The Labute approximate surface area is 184 Å². The number of rotatable bonds is 4. The van der Waals surface area contributed by atoms with E-state index in [0.29, 0.717) is 13.2 Å². The van der Waals surface area contributed by atoms with Crippen LogP contribution in [0.5, 0.6) is 11.5 Å². The Balaban J connectivity index is 1.73. The van der Waals surface area contributed by atoms with Crippen LogP contribution < -0.4 is 20.1 Å². The van der Waals surface area contributed by atoms with Crippen LogP contribution in [0.1, 0.15) is 50.3 Å². The number of nitrogens with one attached hydrogen (secondary N) is 2. The molecule has 1 spiro atoms. The van der Waals surface area contributed by atoms with E-state index in [9.17, 15) is 4.79 Å². The molecule has 2 aliphatic heterocycles. The lowest BCUT2D eigenvalue weighted by molar-refractivity contribution is -0.0637. The van der Waals surface area contributed by atoms with Crippen molar-refractivity contribution in [1.29, 1.82) is 0 Å². The summed E-state index contributed by atoms with van der Waals surface area (Å²) in [6.07, 6.45) is 2.37. The first kappa shape index (κ1) is 21.5.